The molecule has 0 bridgehead atoms. The quantitative estimate of drug-likeness (QED) is 0.900. The van der Waals surface area contributed by atoms with Crippen molar-refractivity contribution in [1.82, 2.24) is 10.2 Å². The monoisotopic (exact) mass is 308 g/mol. The fourth-order valence-electron chi connectivity index (χ4n) is 3.20. The molecular formula is C15H20N2O3S. The van der Waals surface area contributed by atoms with Gasteiger partial charge in [-0.05, 0) is 30.4 Å². The van der Waals surface area contributed by atoms with E-state index < -0.39 is 9.84 Å². The summed E-state index contributed by atoms with van der Waals surface area (Å²) in [6, 6.07) is 7.79. The fourth-order valence-corrected chi connectivity index (χ4v) is 4.98. The van der Waals surface area contributed by atoms with Crippen LogP contribution in [0.4, 0.5) is 4.79 Å². The SMILES string of the molecule is CN(C(=O)N[C@H]1CCc2ccccc21)[C@@H]1CCS(=O)(=O)C1. The Bertz CT molecular complexity index is 657. The second-order valence-corrected chi connectivity index (χ2v) is 8.14. The van der Waals surface area contributed by atoms with E-state index in [0.717, 1.165) is 12.8 Å². The van der Waals surface area contributed by atoms with Gasteiger partial charge in [0.05, 0.1) is 17.5 Å². The van der Waals surface area contributed by atoms with E-state index in [1.807, 2.05) is 18.2 Å². The molecule has 1 aliphatic carbocycles. The lowest BCUT2D eigenvalue weighted by molar-refractivity contribution is 0.191. The highest BCUT2D eigenvalue weighted by molar-refractivity contribution is 7.91. The molecule has 2 atom stereocenters. The maximum Gasteiger partial charge on any atom is 0.317 e. The van der Waals surface area contributed by atoms with Gasteiger partial charge >= 0.3 is 6.03 Å². The summed E-state index contributed by atoms with van der Waals surface area (Å²) < 4.78 is 23.0. The molecule has 1 aliphatic heterocycles. The van der Waals surface area contributed by atoms with Crippen LogP contribution in [0.2, 0.25) is 0 Å². The Labute approximate surface area is 125 Å². The average molecular weight is 308 g/mol. The zero-order valence-electron chi connectivity index (χ0n) is 12.1. The molecule has 0 saturated carbocycles. The van der Waals surface area contributed by atoms with Crippen molar-refractivity contribution in [3.8, 4) is 0 Å². The summed E-state index contributed by atoms with van der Waals surface area (Å²) in [5.74, 6) is 0.264. The molecule has 21 heavy (non-hydrogen) atoms. The molecule has 0 unspecified atom stereocenters. The lowest BCUT2D eigenvalue weighted by atomic mass is 10.1. The highest BCUT2D eigenvalue weighted by atomic mass is 32.2. The molecule has 1 fully saturated rings. The third-order valence-corrected chi connectivity index (χ3v) is 6.26. The summed E-state index contributed by atoms with van der Waals surface area (Å²) in [7, 11) is -1.29. The predicted octanol–water partition coefficient (Wildman–Crippen LogP) is 1.50. The number of nitrogens with one attached hydrogen (secondary N) is 1. The Morgan fingerprint density at radius 2 is 2.05 bits per heavy atom. The van der Waals surface area contributed by atoms with E-state index in [1.54, 1.807) is 11.9 Å². The second kappa shape index (κ2) is 5.33. The number of hydrogen-bond donors (Lipinski definition) is 1. The molecule has 1 heterocycles. The van der Waals surface area contributed by atoms with Gasteiger partial charge in [0.15, 0.2) is 9.84 Å². The minimum Gasteiger partial charge on any atom is -0.331 e. The van der Waals surface area contributed by atoms with Crippen molar-refractivity contribution in [3.63, 3.8) is 0 Å². The smallest absolute Gasteiger partial charge is 0.317 e. The third-order valence-electron chi connectivity index (χ3n) is 4.51. The Kier molecular flexibility index (Phi) is 3.65. The van der Waals surface area contributed by atoms with Gasteiger partial charge in [0.1, 0.15) is 0 Å². The minimum atomic E-state index is -2.97. The first-order chi connectivity index (χ1) is 9.96. The van der Waals surface area contributed by atoms with Crippen LogP contribution in [-0.2, 0) is 16.3 Å². The standard InChI is InChI=1S/C15H20N2O3S/c1-17(12-8-9-21(19,20)10-12)15(18)16-14-7-6-11-4-2-3-5-13(11)14/h2-5,12,14H,6-10H2,1H3,(H,16,18)/t12-,14+/m1/s1. The number of carbonyl (C=O) groups excluding carboxylic acids is 1. The van der Waals surface area contributed by atoms with Gasteiger partial charge in [0.25, 0.3) is 0 Å². The number of urea groups is 1. The van der Waals surface area contributed by atoms with Crippen molar-refractivity contribution in [2.45, 2.75) is 31.3 Å². The van der Waals surface area contributed by atoms with E-state index in [0.29, 0.717) is 6.42 Å². The lowest BCUT2D eigenvalue weighted by Gasteiger charge is -2.26. The second-order valence-electron chi connectivity index (χ2n) is 5.91. The number of fused-ring (bicyclic) bond motifs is 1. The molecule has 2 aliphatic rings. The predicted molar refractivity (Wildman–Crippen MR) is 80.9 cm³/mol. The van der Waals surface area contributed by atoms with Crippen molar-refractivity contribution < 1.29 is 13.2 Å². The van der Waals surface area contributed by atoms with Crippen molar-refractivity contribution in [1.29, 1.82) is 0 Å². The Morgan fingerprint density at radius 3 is 2.76 bits per heavy atom. The van der Waals surface area contributed by atoms with Crippen LogP contribution in [0.25, 0.3) is 0 Å². The van der Waals surface area contributed by atoms with Gasteiger partial charge in [-0.2, -0.15) is 0 Å². The molecule has 1 N–H and O–H groups in total. The Balaban J connectivity index is 1.65. The molecule has 1 aromatic carbocycles. The van der Waals surface area contributed by atoms with Gasteiger partial charge < -0.3 is 10.2 Å². The van der Waals surface area contributed by atoms with Crippen molar-refractivity contribution in [3.05, 3.63) is 35.4 Å². The molecule has 3 rings (SSSR count). The van der Waals surface area contributed by atoms with Crippen LogP contribution in [0.1, 0.15) is 30.0 Å². The van der Waals surface area contributed by atoms with Crippen LogP contribution in [0, 0.1) is 0 Å². The van der Waals surface area contributed by atoms with Crippen LogP contribution < -0.4 is 5.32 Å². The zero-order valence-corrected chi connectivity index (χ0v) is 12.9. The third kappa shape index (κ3) is 2.90. The van der Waals surface area contributed by atoms with Gasteiger partial charge in [-0.25, -0.2) is 13.2 Å². The van der Waals surface area contributed by atoms with Gasteiger partial charge in [0, 0.05) is 13.1 Å². The van der Waals surface area contributed by atoms with Crippen molar-refractivity contribution >= 4 is 15.9 Å². The molecule has 6 heteroatoms. The van der Waals surface area contributed by atoms with E-state index in [4.69, 9.17) is 0 Å². The fraction of sp³-hybridized carbons (Fsp3) is 0.533. The molecule has 114 valence electrons. The number of rotatable bonds is 2. The van der Waals surface area contributed by atoms with Crippen LogP contribution in [0.3, 0.4) is 0 Å². The van der Waals surface area contributed by atoms with Gasteiger partial charge in [-0.15, -0.1) is 0 Å². The first-order valence-corrected chi connectivity index (χ1v) is 9.10. The van der Waals surface area contributed by atoms with Crippen LogP contribution in [0.5, 0.6) is 0 Å². The van der Waals surface area contributed by atoms with E-state index in [-0.39, 0.29) is 29.6 Å². The summed E-state index contributed by atoms with van der Waals surface area (Å²) in [4.78, 5) is 13.9. The highest BCUT2D eigenvalue weighted by Crippen LogP contribution is 2.31. The zero-order chi connectivity index (χ0) is 15.0. The molecule has 2 amide bonds. The molecule has 0 spiro atoms. The number of benzene rings is 1. The van der Waals surface area contributed by atoms with Gasteiger partial charge in [-0.3, -0.25) is 0 Å². The summed E-state index contributed by atoms with van der Waals surface area (Å²) in [6.07, 6.45) is 2.41. The summed E-state index contributed by atoms with van der Waals surface area (Å²) in [6.45, 7) is 0. The Morgan fingerprint density at radius 1 is 1.29 bits per heavy atom. The molecule has 1 saturated heterocycles. The van der Waals surface area contributed by atoms with Crippen LogP contribution in [0.15, 0.2) is 24.3 Å². The highest BCUT2D eigenvalue weighted by Gasteiger charge is 2.34. The normalized spacial score (nSPS) is 26.3. The maximum absolute atomic E-state index is 12.3. The van der Waals surface area contributed by atoms with Crippen molar-refractivity contribution in [2.24, 2.45) is 0 Å². The average Bonchev–Trinajstić information content (AvgIpc) is 3.02. The van der Waals surface area contributed by atoms with E-state index in [9.17, 15) is 13.2 Å². The largest absolute Gasteiger partial charge is 0.331 e. The first-order valence-electron chi connectivity index (χ1n) is 7.28. The maximum atomic E-state index is 12.3. The van der Waals surface area contributed by atoms with Crippen molar-refractivity contribution in [2.75, 3.05) is 18.6 Å². The molecule has 5 nitrogen and oxygen atoms in total. The summed E-state index contributed by atoms with van der Waals surface area (Å²) in [5.41, 5.74) is 2.46. The van der Waals surface area contributed by atoms with Gasteiger partial charge in [0.2, 0.25) is 0 Å². The topological polar surface area (TPSA) is 66.5 Å². The Hall–Kier alpha value is -1.56. The molecule has 0 radical (unpaired) electrons. The van der Waals surface area contributed by atoms with E-state index in [1.165, 1.54) is 11.1 Å². The molecule has 1 aromatic rings. The number of nitrogens with zero attached hydrogens (tertiary/aromatic N) is 1. The number of sulfone groups is 1. The van der Waals surface area contributed by atoms with Gasteiger partial charge in [-0.1, -0.05) is 24.3 Å². The van der Waals surface area contributed by atoms with Crippen LogP contribution >= 0.6 is 0 Å². The minimum absolute atomic E-state index is 0.0363. The number of amides is 2. The number of carbonyl (C=O) groups is 1. The lowest BCUT2D eigenvalue weighted by Crippen LogP contribution is -2.45. The van der Waals surface area contributed by atoms with E-state index in [2.05, 4.69) is 11.4 Å². The molecule has 0 aromatic heterocycles. The van der Waals surface area contributed by atoms with Crippen LogP contribution in [-0.4, -0.2) is 43.9 Å². The first kappa shape index (κ1) is 14.4. The summed E-state index contributed by atoms with van der Waals surface area (Å²) in [5, 5.41) is 3.03. The number of hydrogen-bond acceptors (Lipinski definition) is 3. The summed E-state index contributed by atoms with van der Waals surface area (Å²) >= 11 is 0. The van der Waals surface area contributed by atoms with E-state index >= 15 is 0 Å². The number of aryl methyl sites for hydroxylation is 1. The molecular weight excluding hydrogens is 288 g/mol.